The van der Waals surface area contributed by atoms with Gasteiger partial charge in [-0.25, -0.2) is 4.98 Å². The highest BCUT2D eigenvalue weighted by molar-refractivity contribution is 7.22. The number of anilines is 1. The van der Waals surface area contributed by atoms with Crippen LogP contribution in [-0.4, -0.2) is 11.5 Å². The molecule has 1 aromatic heterocycles. The predicted octanol–water partition coefficient (Wildman–Crippen LogP) is 4.55. The average Bonchev–Trinajstić information content (AvgIpc) is 2.65. The van der Waals surface area contributed by atoms with Gasteiger partial charge in [0, 0.05) is 11.6 Å². The van der Waals surface area contributed by atoms with E-state index in [4.69, 9.17) is 11.6 Å². The van der Waals surface area contributed by atoms with Crippen molar-refractivity contribution in [3.05, 3.63) is 23.2 Å². The first-order chi connectivity index (χ1) is 8.15. The van der Waals surface area contributed by atoms with Gasteiger partial charge < -0.3 is 5.32 Å². The lowest BCUT2D eigenvalue weighted by atomic mass is 9.70. The third-order valence-electron chi connectivity index (χ3n) is 3.58. The Kier molecular flexibility index (Phi) is 2.75. The minimum atomic E-state index is 0.482. The molecule has 0 unspecified atom stereocenters. The molecule has 1 aromatic carbocycles. The molecule has 4 heteroatoms. The number of nitrogens with zero attached hydrogens (tertiary/aromatic N) is 1. The first kappa shape index (κ1) is 11.3. The van der Waals surface area contributed by atoms with Crippen molar-refractivity contribution >= 4 is 38.3 Å². The van der Waals surface area contributed by atoms with Gasteiger partial charge in [0.05, 0.1) is 10.2 Å². The van der Waals surface area contributed by atoms with Crippen LogP contribution in [0.4, 0.5) is 5.13 Å². The lowest BCUT2D eigenvalue weighted by Crippen LogP contribution is -2.33. The van der Waals surface area contributed by atoms with Gasteiger partial charge in [0.15, 0.2) is 5.13 Å². The summed E-state index contributed by atoms with van der Waals surface area (Å²) in [6.45, 7) is 3.37. The summed E-state index contributed by atoms with van der Waals surface area (Å²) in [6, 6.07) is 5.84. The number of fused-ring (bicyclic) bond motifs is 1. The number of rotatable bonds is 3. The monoisotopic (exact) mass is 266 g/mol. The van der Waals surface area contributed by atoms with Gasteiger partial charge in [-0.1, -0.05) is 36.3 Å². The fraction of sp³-hybridized carbons (Fsp3) is 0.462. The fourth-order valence-corrected chi connectivity index (χ4v) is 3.36. The molecule has 2 aromatic rings. The van der Waals surface area contributed by atoms with Crippen LogP contribution >= 0.6 is 22.9 Å². The van der Waals surface area contributed by atoms with E-state index in [2.05, 4.69) is 17.2 Å². The molecule has 90 valence electrons. The normalized spacial score (nSPS) is 18.0. The van der Waals surface area contributed by atoms with E-state index in [1.165, 1.54) is 19.3 Å². The summed E-state index contributed by atoms with van der Waals surface area (Å²) in [6.07, 6.45) is 4.03. The summed E-state index contributed by atoms with van der Waals surface area (Å²) >= 11 is 7.65. The van der Waals surface area contributed by atoms with Crippen LogP contribution in [0, 0.1) is 5.41 Å². The van der Waals surface area contributed by atoms with Gasteiger partial charge in [-0.05, 0) is 36.5 Å². The number of halogens is 1. The molecule has 0 spiro atoms. The van der Waals surface area contributed by atoms with Gasteiger partial charge in [0.25, 0.3) is 0 Å². The van der Waals surface area contributed by atoms with Gasteiger partial charge in [-0.3, -0.25) is 0 Å². The molecule has 1 heterocycles. The predicted molar refractivity (Wildman–Crippen MR) is 75.1 cm³/mol. The van der Waals surface area contributed by atoms with Gasteiger partial charge >= 0.3 is 0 Å². The van der Waals surface area contributed by atoms with Crippen molar-refractivity contribution in [1.29, 1.82) is 0 Å². The zero-order valence-corrected chi connectivity index (χ0v) is 11.4. The molecule has 0 saturated heterocycles. The van der Waals surface area contributed by atoms with Crippen LogP contribution in [0.5, 0.6) is 0 Å². The van der Waals surface area contributed by atoms with E-state index in [1.807, 2.05) is 18.2 Å². The second-order valence-corrected chi connectivity index (χ2v) is 6.62. The molecular formula is C13H15ClN2S. The van der Waals surface area contributed by atoms with Crippen molar-refractivity contribution in [2.75, 3.05) is 11.9 Å². The Labute approximate surface area is 110 Å². The summed E-state index contributed by atoms with van der Waals surface area (Å²) in [5, 5.41) is 5.25. The molecule has 17 heavy (non-hydrogen) atoms. The van der Waals surface area contributed by atoms with Gasteiger partial charge in [-0.2, -0.15) is 0 Å². The molecule has 0 aliphatic heterocycles. The number of aromatic nitrogens is 1. The van der Waals surface area contributed by atoms with Crippen LogP contribution < -0.4 is 5.32 Å². The second kappa shape index (κ2) is 4.14. The minimum Gasteiger partial charge on any atom is -0.361 e. The van der Waals surface area contributed by atoms with Crippen LogP contribution in [0.3, 0.4) is 0 Å². The third-order valence-corrected chi connectivity index (χ3v) is 4.79. The number of thiazole rings is 1. The quantitative estimate of drug-likeness (QED) is 0.881. The van der Waals surface area contributed by atoms with Crippen molar-refractivity contribution in [3.8, 4) is 0 Å². The molecule has 0 atom stereocenters. The SMILES string of the molecule is CC1(CNc2nc3ccc(Cl)cc3s2)CCC1. The Morgan fingerprint density at radius 2 is 2.29 bits per heavy atom. The lowest BCUT2D eigenvalue weighted by Gasteiger charge is -2.38. The summed E-state index contributed by atoms with van der Waals surface area (Å²) < 4.78 is 1.15. The summed E-state index contributed by atoms with van der Waals surface area (Å²) in [5.41, 5.74) is 1.51. The van der Waals surface area contributed by atoms with E-state index in [-0.39, 0.29) is 0 Å². The average molecular weight is 267 g/mol. The smallest absolute Gasteiger partial charge is 0.183 e. The zero-order valence-electron chi connectivity index (χ0n) is 9.79. The van der Waals surface area contributed by atoms with Gasteiger partial charge in [0.2, 0.25) is 0 Å². The molecule has 0 bridgehead atoms. The maximum Gasteiger partial charge on any atom is 0.183 e. The Hall–Kier alpha value is -0.800. The highest BCUT2D eigenvalue weighted by Crippen LogP contribution is 2.40. The van der Waals surface area contributed by atoms with Crippen molar-refractivity contribution in [2.45, 2.75) is 26.2 Å². The van der Waals surface area contributed by atoms with Gasteiger partial charge in [0.1, 0.15) is 0 Å². The Morgan fingerprint density at radius 3 is 3.00 bits per heavy atom. The number of hydrogen-bond donors (Lipinski definition) is 1. The van der Waals surface area contributed by atoms with Crippen LogP contribution in [0.15, 0.2) is 18.2 Å². The molecule has 1 fully saturated rings. The maximum absolute atomic E-state index is 5.97. The van der Waals surface area contributed by atoms with E-state index in [0.29, 0.717) is 5.41 Å². The second-order valence-electron chi connectivity index (χ2n) is 5.15. The highest BCUT2D eigenvalue weighted by atomic mass is 35.5. The van der Waals surface area contributed by atoms with Crippen LogP contribution in [0.2, 0.25) is 5.02 Å². The van der Waals surface area contributed by atoms with Crippen molar-refractivity contribution in [1.82, 2.24) is 4.98 Å². The third kappa shape index (κ3) is 2.26. The Morgan fingerprint density at radius 1 is 1.47 bits per heavy atom. The molecule has 2 nitrogen and oxygen atoms in total. The van der Waals surface area contributed by atoms with Crippen LogP contribution in [0.25, 0.3) is 10.2 Å². The topological polar surface area (TPSA) is 24.9 Å². The molecule has 3 rings (SSSR count). The van der Waals surface area contributed by atoms with E-state index >= 15 is 0 Å². The van der Waals surface area contributed by atoms with E-state index in [1.54, 1.807) is 11.3 Å². The van der Waals surface area contributed by atoms with Crippen molar-refractivity contribution in [2.24, 2.45) is 5.41 Å². The van der Waals surface area contributed by atoms with Crippen LogP contribution in [0.1, 0.15) is 26.2 Å². The molecule has 0 radical (unpaired) electrons. The van der Waals surface area contributed by atoms with Crippen LogP contribution in [-0.2, 0) is 0 Å². The van der Waals surface area contributed by atoms with E-state index < -0.39 is 0 Å². The maximum atomic E-state index is 5.97. The minimum absolute atomic E-state index is 0.482. The van der Waals surface area contributed by atoms with E-state index in [0.717, 1.165) is 26.9 Å². The first-order valence-corrected chi connectivity index (χ1v) is 7.14. The summed E-state index contributed by atoms with van der Waals surface area (Å²) in [7, 11) is 0. The van der Waals surface area contributed by atoms with Gasteiger partial charge in [-0.15, -0.1) is 0 Å². The first-order valence-electron chi connectivity index (χ1n) is 5.95. The molecule has 1 saturated carbocycles. The van der Waals surface area contributed by atoms with Crippen molar-refractivity contribution in [3.63, 3.8) is 0 Å². The van der Waals surface area contributed by atoms with E-state index in [9.17, 15) is 0 Å². The largest absolute Gasteiger partial charge is 0.361 e. The number of benzene rings is 1. The summed E-state index contributed by atoms with van der Waals surface area (Å²) in [5.74, 6) is 0. The highest BCUT2D eigenvalue weighted by Gasteiger charge is 2.31. The zero-order chi connectivity index (χ0) is 11.9. The number of hydrogen-bond acceptors (Lipinski definition) is 3. The lowest BCUT2D eigenvalue weighted by molar-refractivity contribution is 0.180. The Bertz CT molecular complexity index is 545. The molecular weight excluding hydrogens is 252 g/mol. The summed E-state index contributed by atoms with van der Waals surface area (Å²) in [4.78, 5) is 4.56. The fourth-order valence-electron chi connectivity index (χ4n) is 2.22. The molecule has 1 aliphatic carbocycles. The number of nitrogens with one attached hydrogen (secondary N) is 1. The van der Waals surface area contributed by atoms with Crippen molar-refractivity contribution < 1.29 is 0 Å². The Balaban J connectivity index is 1.76. The molecule has 1 N–H and O–H groups in total. The standard InChI is InChI=1S/C13H15ClN2S/c1-13(5-2-6-13)8-15-12-16-10-4-3-9(14)7-11(10)17-12/h3-4,7H,2,5-6,8H2,1H3,(H,15,16). The molecule has 1 aliphatic rings. The molecule has 0 amide bonds.